The fourth-order valence-electron chi connectivity index (χ4n) is 7.08. The molecular formula is C26H52N4. The summed E-state index contributed by atoms with van der Waals surface area (Å²) >= 11 is 0. The summed E-state index contributed by atoms with van der Waals surface area (Å²) in [5.41, 5.74) is 25.1. The molecule has 0 aromatic heterocycles. The Morgan fingerprint density at radius 3 is 0.633 bits per heavy atom. The van der Waals surface area contributed by atoms with Crippen molar-refractivity contribution < 1.29 is 0 Å². The van der Waals surface area contributed by atoms with Crippen molar-refractivity contribution in [3.05, 3.63) is 0 Å². The lowest BCUT2D eigenvalue weighted by atomic mass is 9.70. The summed E-state index contributed by atoms with van der Waals surface area (Å²) in [6.07, 6.45) is 26.4. The van der Waals surface area contributed by atoms with Crippen LogP contribution in [-0.2, 0) is 0 Å². The lowest BCUT2D eigenvalue weighted by Crippen LogP contribution is -2.61. The molecule has 176 valence electrons. The molecule has 0 amide bonds. The van der Waals surface area contributed by atoms with Crippen LogP contribution in [0.25, 0.3) is 0 Å². The van der Waals surface area contributed by atoms with Crippen LogP contribution in [0.2, 0.25) is 0 Å². The van der Waals surface area contributed by atoms with Crippen molar-refractivity contribution in [1.82, 2.24) is 0 Å². The number of nitrogens with two attached hydrogens (primary N) is 4. The minimum absolute atomic E-state index is 0.360. The maximum atomic E-state index is 6.44. The van der Waals surface area contributed by atoms with Gasteiger partial charge in [0.25, 0.3) is 0 Å². The Labute approximate surface area is 186 Å². The summed E-state index contributed by atoms with van der Waals surface area (Å²) in [5.74, 6) is 2.37. The van der Waals surface area contributed by atoms with Gasteiger partial charge in [0, 0.05) is 0 Å². The Morgan fingerprint density at radius 2 is 0.467 bits per heavy atom. The largest absolute Gasteiger partial charge is 0.313 e. The Bertz CT molecular complexity index is 381. The average molecular weight is 421 g/mol. The minimum Gasteiger partial charge on any atom is -0.313 e. The summed E-state index contributed by atoms with van der Waals surface area (Å²) in [6.45, 7) is 0. The standard InChI is InChI=1S/2C13H26N2/c2*14-13(15,11-7-3-1-4-8-11)12-9-5-2-6-10-12/h2*11-12H,1-10,14-15H2. The van der Waals surface area contributed by atoms with E-state index in [2.05, 4.69) is 0 Å². The zero-order valence-corrected chi connectivity index (χ0v) is 19.8. The van der Waals surface area contributed by atoms with Gasteiger partial charge in [-0.15, -0.1) is 0 Å². The first-order valence-electron chi connectivity index (χ1n) is 13.6. The molecule has 4 fully saturated rings. The van der Waals surface area contributed by atoms with E-state index in [1.807, 2.05) is 0 Å². The van der Waals surface area contributed by atoms with Gasteiger partial charge in [0.05, 0.1) is 11.3 Å². The van der Waals surface area contributed by atoms with Crippen LogP contribution in [0.3, 0.4) is 0 Å². The van der Waals surface area contributed by atoms with Crippen LogP contribution in [-0.4, -0.2) is 11.3 Å². The van der Waals surface area contributed by atoms with Gasteiger partial charge in [-0.05, 0) is 75.0 Å². The maximum Gasteiger partial charge on any atom is 0.0694 e. The summed E-state index contributed by atoms with van der Waals surface area (Å²) in [6, 6.07) is 0. The van der Waals surface area contributed by atoms with Crippen LogP contribution < -0.4 is 22.9 Å². The van der Waals surface area contributed by atoms with Crippen LogP contribution >= 0.6 is 0 Å². The van der Waals surface area contributed by atoms with Gasteiger partial charge < -0.3 is 22.9 Å². The van der Waals surface area contributed by atoms with Gasteiger partial charge in [0.2, 0.25) is 0 Å². The molecule has 8 N–H and O–H groups in total. The highest BCUT2D eigenvalue weighted by Crippen LogP contribution is 2.39. The molecule has 0 spiro atoms. The van der Waals surface area contributed by atoms with E-state index in [-0.39, 0.29) is 11.3 Å². The van der Waals surface area contributed by atoms with Gasteiger partial charge >= 0.3 is 0 Å². The van der Waals surface area contributed by atoms with Crippen molar-refractivity contribution in [2.24, 2.45) is 46.6 Å². The van der Waals surface area contributed by atoms with Gasteiger partial charge in [-0.2, -0.15) is 0 Å². The van der Waals surface area contributed by atoms with E-state index in [9.17, 15) is 0 Å². The quantitative estimate of drug-likeness (QED) is 0.449. The van der Waals surface area contributed by atoms with E-state index < -0.39 is 0 Å². The van der Waals surface area contributed by atoms with Crippen molar-refractivity contribution in [2.45, 2.75) is 140 Å². The first-order valence-corrected chi connectivity index (χ1v) is 13.6. The maximum absolute atomic E-state index is 6.44. The predicted octanol–water partition coefficient (Wildman–Crippen LogP) is 5.52. The third-order valence-corrected chi connectivity index (χ3v) is 9.25. The van der Waals surface area contributed by atoms with Gasteiger partial charge in [-0.3, -0.25) is 0 Å². The topological polar surface area (TPSA) is 104 Å². The monoisotopic (exact) mass is 420 g/mol. The first-order chi connectivity index (χ1) is 14.4. The molecule has 0 unspecified atom stereocenters. The normalized spacial score (nSPS) is 26.8. The van der Waals surface area contributed by atoms with E-state index in [0.29, 0.717) is 23.7 Å². The van der Waals surface area contributed by atoms with Crippen LogP contribution in [0.15, 0.2) is 0 Å². The smallest absolute Gasteiger partial charge is 0.0694 e. The molecule has 4 saturated carbocycles. The SMILES string of the molecule is NC(N)(C1CCCCC1)C1CCCCC1.NC(N)(C1CCCCC1)C1CCCCC1. The molecule has 4 aliphatic carbocycles. The van der Waals surface area contributed by atoms with E-state index in [4.69, 9.17) is 22.9 Å². The molecule has 0 saturated heterocycles. The molecule has 0 atom stereocenters. The highest BCUT2D eigenvalue weighted by atomic mass is 15.0. The third-order valence-electron chi connectivity index (χ3n) is 9.25. The van der Waals surface area contributed by atoms with Gasteiger partial charge in [-0.1, -0.05) is 77.0 Å². The lowest BCUT2D eigenvalue weighted by Gasteiger charge is -2.44. The van der Waals surface area contributed by atoms with E-state index >= 15 is 0 Å². The Morgan fingerprint density at radius 1 is 0.300 bits per heavy atom. The highest BCUT2D eigenvalue weighted by molar-refractivity contribution is 4.95. The summed E-state index contributed by atoms with van der Waals surface area (Å²) in [5, 5.41) is 0. The van der Waals surface area contributed by atoms with Gasteiger partial charge in [0.1, 0.15) is 0 Å². The molecule has 0 aromatic rings. The Hall–Kier alpha value is -0.160. The minimum atomic E-state index is -0.360. The summed E-state index contributed by atoms with van der Waals surface area (Å²) in [7, 11) is 0. The second-order valence-electron chi connectivity index (χ2n) is 11.3. The zero-order chi connectivity index (χ0) is 21.5. The molecular weight excluding hydrogens is 368 g/mol. The van der Waals surface area contributed by atoms with Crippen LogP contribution in [0.4, 0.5) is 0 Å². The lowest BCUT2D eigenvalue weighted by molar-refractivity contribution is 0.111. The molecule has 4 nitrogen and oxygen atoms in total. The molecule has 0 heterocycles. The fraction of sp³-hybridized carbons (Fsp3) is 1.00. The zero-order valence-electron chi connectivity index (χ0n) is 19.8. The Kier molecular flexibility index (Phi) is 9.49. The number of rotatable bonds is 4. The molecule has 0 bridgehead atoms. The predicted molar refractivity (Wildman–Crippen MR) is 129 cm³/mol. The van der Waals surface area contributed by atoms with E-state index in [0.717, 1.165) is 0 Å². The molecule has 4 heteroatoms. The molecule has 30 heavy (non-hydrogen) atoms. The van der Waals surface area contributed by atoms with Gasteiger partial charge in [-0.25, -0.2) is 0 Å². The second-order valence-corrected chi connectivity index (χ2v) is 11.3. The van der Waals surface area contributed by atoms with Crippen LogP contribution in [0.5, 0.6) is 0 Å². The van der Waals surface area contributed by atoms with E-state index in [1.165, 1.54) is 128 Å². The first kappa shape index (κ1) is 24.5. The molecule has 4 rings (SSSR count). The van der Waals surface area contributed by atoms with Crippen molar-refractivity contribution in [3.8, 4) is 0 Å². The van der Waals surface area contributed by atoms with Crippen molar-refractivity contribution in [3.63, 3.8) is 0 Å². The molecule has 0 aromatic carbocycles. The second kappa shape index (κ2) is 11.6. The number of hydrogen-bond donors (Lipinski definition) is 4. The van der Waals surface area contributed by atoms with Crippen molar-refractivity contribution in [1.29, 1.82) is 0 Å². The summed E-state index contributed by atoms with van der Waals surface area (Å²) in [4.78, 5) is 0. The van der Waals surface area contributed by atoms with Crippen molar-refractivity contribution >= 4 is 0 Å². The molecule has 0 aliphatic heterocycles. The van der Waals surface area contributed by atoms with Crippen LogP contribution in [0.1, 0.15) is 128 Å². The molecule has 4 aliphatic rings. The fourth-order valence-corrected chi connectivity index (χ4v) is 7.08. The van der Waals surface area contributed by atoms with E-state index in [1.54, 1.807) is 0 Å². The van der Waals surface area contributed by atoms with Crippen molar-refractivity contribution in [2.75, 3.05) is 0 Å². The van der Waals surface area contributed by atoms with Crippen LogP contribution in [0, 0.1) is 23.7 Å². The van der Waals surface area contributed by atoms with Gasteiger partial charge in [0.15, 0.2) is 0 Å². The molecule has 0 radical (unpaired) electrons. The Balaban J connectivity index is 0.000000171. The average Bonchev–Trinajstić information content (AvgIpc) is 2.82. The number of hydrogen-bond acceptors (Lipinski definition) is 4. The third kappa shape index (κ3) is 6.43. The summed E-state index contributed by atoms with van der Waals surface area (Å²) < 4.78 is 0. The highest BCUT2D eigenvalue weighted by Gasteiger charge is 2.40.